The second-order valence-electron chi connectivity index (χ2n) is 8.89. The molecule has 2 heterocycles. The van der Waals surface area contributed by atoms with Crippen molar-refractivity contribution in [3.8, 4) is 5.75 Å². The molecule has 2 aromatic rings. The number of hydrogen-bond acceptors (Lipinski definition) is 5. The van der Waals surface area contributed by atoms with Crippen molar-refractivity contribution in [2.45, 2.75) is 31.6 Å². The molecule has 0 saturated carbocycles. The third-order valence-corrected chi connectivity index (χ3v) is 7.79. The molecule has 2 atom stereocenters. The first-order valence-corrected chi connectivity index (χ1v) is 12.6. The highest BCUT2D eigenvalue weighted by molar-refractivity contribution is 7.89. The van der Waals surface area contributed by atoms with Gasteiger partial charge in [-0.15, -0.1) is 0 Å². The summed E-state index contributed by atoms with van der Waals surface area (Å²) in [7, 11) is -3.59. The van der Waals surface area contributed by atoms with Gasteiger partial charge < -0.3 is 10.1 Å². The summed E-state index contributed by atoms with van der Waals surface area (Å²) in [5, 5.41) is 2.75. The highest BCUT2D eigenvalue weighted by Gasteiger charge is 2.31. The van der Waals surface area contributed by atoms with E-state index in [-0.39, 0.29) is 36.3 Å². The van der Waals surface area contributed by atoms with Crippen LogP contribution in [-0.4, -0.2) is 50.8 Å². The summed E-state index contributed by atoms with van der Waals surface area (Å²) >= 11 is 0. The number of hydrogen-bond donors (Lipinski definition) is 1. The lowest BCUT2D eigenvalue weighted by Crippen LogP contribution is -2.42. The highest BCUT2D eigenvalue weighted by Crippen LogP contribution is 2.31. The molecule has 2 aliphatic rings. The van der Waals surface area contributed by atoms with Crippen LogP contribution in [0.5, 0.6) is 5.75 Å². The molecule has 8 nitrogen and oxygen atoms in total. The predicted octanol–water partition coefficient (Wildman–Crippen LogP) is 3.11. The predicted molar refractivity (Wildman–Crippen MR) is 126 cm³/mol. The zero-order valence-corrected chi connectivity index (χ0v) is 19.7. The molecule has 2 aliphatic heterocycles. The van der Waals surface area contributed by atoms with Gasteiger partial charge in [0.1, 0.15) is 12.3 Å². The zero-order chi connectivity index (χ0) is 23.6. The Kier molecular flexibility index (Phi) is 6.71. The number of nitrogens with zero attached hydrogens (tertiary/aromatic N) is 2. The van der Waals surface area contributed by atoms with Gasteiger partial charge in [-0.1, -0.05) is 26.0 Å². The van der Waals surface area contributed by atoms with E-state index in [1.54, 1.807) is 34.6 Å². The van der Waals surface area contributed by atoms with E-state index in [1.165, 1.54) is 17.0 Å². The molecule has 9 heteroatoms. The molecule has 1 N–H and O–H groups in total. The van der Waals surface area contributed by atoms with E-state index in [0.29, 0.717) is 42.0 Å². The number of fused-ring (bicyclic) bond motifs is 1. The first-order valence-electron chi connectivity index (χ1n) is 11.2. The number of amides is 2. The topological polar surface area (TPSA) is 96.0 Å². The van der Waals surface area contributed by atoms with E-state index in [2.05, 4.69) is 19.2 Å². The van der Waals surface area contributed by atoms with Crippen molar-refractivity contribution in [3.63, 3.8) is 0 Å². The molecule has 2 aromatic carbocycles. The van der Waals surface area contributed by atoms with Crippen molar-refractivity contribution in [2.24, 2.45) is 11.8 Å². The second-order valence-corrected chi connectivity index (χ2v) is 10.8. The van der Waals surface area contributed by atoms with Crippen molar-refractivity contribution in [2.75, 3.05) is 36.5 Å². The normalized spacial score (nSPS) is 21.6. The number of anilines is 2. The van der Waals surface area contributed by atoms with Gasteiger partial charge >= 0.3 is 0 Å². The van der Waals surface area contributed by atoms with Crippen molar-refractivity contribution >= 4 is 33.2 Å². The number of para-hydroxylation sites is 2. The van der Waals surface area contributed by atoms with Crippen molar-refractivity contribution in [1.29, 1.82) is 0 Å². The van der Waals surface area contributed by atoms with Gasteiger partial charge in [-0.25, -0.2) is 8.42 Å². The minimum atomic E-state index is -3.59. The van der Waals surface area contributed by atoms with Crippen molar-refractivity contribution in [1.82, 2.24) is 4.31 Å². The van der Waals surface area contributed by atoms with Crippen LogP contribution in [0.25, 0.3) is 0 Å². The van der Waals surface area contributed by atoms with E-state index >= 15 is 0 Å². The van der Waals surface area contributed by atoms with Gasteiger partial charge in [0.15, 0.2) is 0 Å². The Labute approximate surface area is 194 Å². The Morgan fingerprint density at radius 3 is 2.42 bits per heavy atom. The fourth-order valence-corrected chi connectivity index (χ4v) is 6.18. The average molecular weight is 472 g/mol. The second kappa shape index (κ2) is 9.52. The minimum absolute atomic E-state index is 0.164. The number of piperidine rings is 1. The number of sulfonamides is 1. The van der Waals surface area contributed by atoms with Gasteiger partial charge in [0.25, 0.3) is 0 Å². The van der Waals surface area contributed by atoms with Gasteiger partial charge in [0.2, 0.25) is 21.8 Å². The van der Waals surface area contributed by atoms with Gasteiger partial charge in [-0.3, -0.25) is 14.5 Å². The number of rotatable bonds is 5. The summed E-state index contributed by atoms with van der Waals surface area (Å²) in [5.41, 5.74) is 1.02. The standard InChI is InChI=1S/C24H29N3O5S/c1-17-13-18(2)15-26(14-17)33(30,31)20-9-7-19(8-10-20)25-23(28)16-27-21-5-3-4-6-22(21)32-12-11-24(27)29/h3-10,17-18H,11-16H2,1-2H3,(H,25,28)/t17-,18-/m1/s1. The van der Waals surface area contributed by atoms with E-state index in [0.717, 1.165) is 6.42 Å². The maximum Gasteiger partial charge on any atom is 0.244 e. The van der Waals surface area contributed by atoms with Crippen LogP contribution < -0.4 is 15.0 Å². The van der Waals surface area contributed by atoms with Crippen molar-refractivity contribution < 1.29 is 22.7 Å². The summed E-state index contributed by atoms with van der Waals surface area (Å²) in [4.78, 5) is 26.8. The molecule has 0 aliphatic carbocycles. The first kappa shape index (κ1) is 23.3. The molecule has 33 heavy (non-hydrogen) atoms. The molecule has 0 aromatic heterocycles. The Morgan fingerprint density at radius 2 is 1.73 bits per heavy atom. The fourth-order valence-electron chi connectivity index (χ4n) is 4.50. The third-order valence-electron chi connectivity index (χ3n) is 5.94. The molecular weight excluding hydrogens is 442 g/mol. The highest BCUT2D eigenvalue weighted by atomic mass is 32.2. The molecule has 0 radical (unpaired) electrons. The van der Waals surface area contributed by atoms with E-state index < -0.39 is 10.0 Å². The summed E-state index contributed by atoms with van der Waals surface area (Å²) in [6.45, 7) is 5.26. The Bertz CT molecular complexity index is 1120. The van der Waals surface area contributed by atoms with E-state index in [1.807, 2.05) is 6.07 Å². The Hall–Kier alpha value is -2.91. The maximum absolute atomic E-state index is 13.0. The first-order chi connectivity index (χ1) is 15.7. The van der Waals surface area contributed by atoms with Gasteiger partial charge in [0.05, 0.1) is 23.6 Å². The minimum Gasteiger partial charge on any atom is -0.491 e. The number of benzene rings is 2. The lowest BCUT2D eigenvalue weighted by atomic mass is 9.94. The molecule has 176 valence electrons. The molecule has 0 spiro atoms. The molecular formula is C24H29N3O5S. The fraction of sp³-hybridized carbons (Fsp3) is 0.417. The van der Waals surface area contributed by atoms with Gasteiger partial charge in [-0.05, 0) is 54.7 Å². The molecule has 4 rings (SSSR count). The van der Waals surface area contributed by atoms with Crippen LogP contribution in [0.4, 0.5) is 11.4 Å². The Morgan fingerprint density at radius 1 is 1.06 bits per heavy atom. The summed E-state index contributed by atoms with van der Waals surface area (Å²) in [6.07, 6.45) is 1.20. The quantitative estimate of drug-likeness (QED) is 0.723. The number of carbonyl (C=O) groups is 2. The van der Waals surface area contributed by atoms with Crippen LogP contribution in [0.1, 0.15) is 26.7 Å². The van der Waals surface area contributed by atoms with E-state index in [9.17, 15) is 18.0 Å². The zero-order valence-electron chi connectivity index (χ0n) is 18.9. The van der Waals surface area contributed by atoms with Gasteiger partial charge in [0, 0.05) is 18.8 Å². The van der Waals surface area contributed by atoms with Gasteiger partial charge in [-0.2, -0.15) is 4.31 Å². The van der Waals surface area contributed by atoms with E-state index in [4.69, 9.17) is 4.74 Å². The van der Waals surface area contributed by atoms with Crippen LogP contribution in [-0.2, 0) is 19.6 Å². The van der Waals surface area contributed by atoms with Crippen LogP contribution in [0.15, 0.2) is 53.4 Å². The number of ether oxygens (including phenoxy) is 1. The van der Waals surface area contributed by atoms with Crippen LogP contribution in [0.3, 0.4) is 0 Å². The van der Waals surface area contributed by atoms with Crippen LogP contribution >= 0.6 is 0 Å². The molecule has 0 bridgehead atoms. The maximum atomic E-state index is 13.0. The lowest BCUT2D eigenvalue weighted by Gasteiger charge is -2.34. The van der Waals surface area contributed by atoms with Crippen LogP contribution in [0.2, 0.25) is 0 Å². The molecule has 0 unspecified atom stereocenters. The van der Waals surface area contributed by atoms with Crippen molar-refractivity contribution in [3.05, 3.63) is 48.5 Å². The smallest absolute Gasteiger partial charge is 0.244 e. The number of nitrogens with one attached hydrogen (secondary N) is 1. The summed E-state index contributed by atoms with van der Waals surface area (Å²) in [6, 6.07) is 13.3. The summed E-state index contributed by atoms with van der Waals surface area (Å²) in [5.74, 6) is 0.626. The molecule has 2 amide bonds. The SMILES string of the molecule is C[C@@H]1C[C@@H](C)CN(S(=O)(=O)c2ccc(NC(=O)CN3C(=O)CCOc4ccccc43)cc2)C1. The number of carbonyl (C=O) groups excluding carboxylic acids is 2. The third kappa shape index (κ3) is 5.20. The summed E-state index contributed by atoms with van der Waals surface area (Å²) < 4.78 is 33.2. The van der Waals surface area contributed by atoms with Crippen LogP contribution in [0, 0.1) is 11.8 Å². The Balaban J connectivity index is 1.44. The molecule has 1 saturated heterocycles. The largest absolute Gasteiger partial charge is 0.491 e. The average Bonchev–Trinajstić information content (AvgIpc) is 2.92. The monoisotopic (exact) mass is 471 g/mol. The molecule has 1 fully saturated rings. The lowest BCUT2D eigenvalue weighted by molar-refractivity contribution is -0.121.